The maximum absolute atomic E-state index is 16.6. The van der Waals surface area contributed by atoms with Crippen molar-refractivity contribution in [3.05, 3.63) is 96.6 Å². The third-order valence-electron chi connectivity index (χ3n) is 11.3. The summed E-state index contributed by atoms with van der Waals surface area (Å²) in [6, 6.07) is 9.76. The van der Waals surface area contributed by atoms with Crippen molar-refractivity contribution in [2.45, 2.75) is 50.8 Å². The summed E-state index contributed by atoms with van der Waals surface area (Å²) in [7, 11) is 1.22. The minimum Gasteiger partial charge on any atom is -0.491 e. The Morgan fingerprint density at radius 2 is 1.29 bits per heavy atom. The highest BCUT2D eigenvalue weighted by Crippen LogP contribution is 2.37. The number of nitrogens with one attached hydrogen (secondary N) is 3. The van der Waals surface area contributed by atoms with Gasteiger partial charge in [0.15, 0.2) is 52.0 Å². The smallest absolute Gasteiger partial charge is 0.279 e. The van der Waals surface area contributed by atoms with E-state index < -0.39 is 29.2 Å². The molecule has 0 atom stereocenters. The van der Waals surface area contributed by atoms with Crippen LogP contribution in [-0.4, -0.2) is 103 Å². The second kappa shape index (κ2) is 18.9. The Morgan fingerprint density at radius 3 is 1.91 bits per heavy atom. The summed E-state index contributed by atoms with van der Waals surface area (Å²) in [5.41, 5.74) is 17.7. The van der Waals surface area contributed by atoms with Crippen LogP contribution in [0.4, 0.5) is 49.1 Å². The molecule has 9 N–H and O–H groups in total. The quantitative estimate of drug-likeness (QED) is 0.0840. The Hall–Kier alpha value is -7.56. The highest BCUT2D eigenvalue weighted by molar-refractivity contribution is 6.08. The van der Waals surface area contributed by atoms with Crippen molar-refractivity contribution >= 4 is 52.1 Å². The van der Waals surface area contributed by atoms with Crippen molar-refractivity contribution in [2.75, 3.05) is 71.4 Å². The molecule has 2 aliphatic heterocycles. The first-order valence-corrected chi connectivity index (χ1v) is 21.1. The molecule has 0 saturated carbocycles. The van der Waals surface area contributed by atoms with E-state index in [0.717, 1.165) is 12.8 Å². The summed E-state index contributed by atoms with van der Waals surface area (Å²) in [5, 5.41) is 8.49. The summed E-state index contributed by atoms with van der Waals surface area (Å²) in [6.45, 7) is 6.74. The lowest BCUT2D eigenvalue weighted by Crippen LogP contribution is -2.52. The molecule has 20 nitrogen and oxygen atoms in total. The standard InChI is InChI=1S/C44H48F2N16O4/c1-4-66-44(49)13-20-62(21-14-44)30-10-7-17-52-39(30)60-42(64)35-40(55-23-26(57-35)32-25(45)8-5-15-50-32)58-28-24-53-33(31(46)36(28)65-3)27-22-54-37(47)34(56-27)41(63)59-38-29(9-6-16-51-38)61-18-11-43(2,48)12-19-61/h5-10,15-17,22-24H,4,11-14,18-21,48-49H2,1-3H3,(H2,47,54)(H,55,58)(H,51,59,63)(H,52,60,64). The number of piperidine rings is 2. The fourth-order valence-electron chi connectivity index (χ4n) is 7.72. The van der Waals surface area contributed by atoms with Crippen LogP contribution in [0.25, 0.3) is 22.8 Å². The molecule has 8 heterocycles. The fraction of sp³-hybridized carbons (Fsp3) is 0.318. The van der Waals surface area contributed by atoms with Crippen molar-refractivity contribution < 1.29 is 27.8 Å². The number of rotatable bonds is 13. The molecular formula is C44H48F2N16O4. The molecule has 0 bridgehead atoms. The number of hydrogen-bond acceptors (Lipinski definition) is 18. The molecule has 6 aromatic rings. The number of hydrogen-bond donors (Lipinski definition) is 6. The summed E-state index contributed by atoms with van der Waals surface area (Å²) >= 11 is 0. The molecule has 6 aromatic heterocycles. The van der Waals surface area contributed by atoms with E-state index in [2.05, 4.69) is 60.7 Å². The summed E-state index contributed by atoms with van der Waals surface area (Å²) in [6.07, 6.45) is 10.6. The van der Waals surface area contributed by atoms with Gasteiger partial charge >= 0.3 is 0 Å². The van der Waals surface area contributed by atoms with Gasteiger partial charge in [0, 0.05) is 69.8 Å². The molecule has 2 saturated heterocycles. The second-order valence-corrected chi connectivity index (χ2v) is 16.0. The Balaban J connectivity index is 1.07. The van der Waals surface area contributed by atoms with Crippen LogP contribution < -0.4 is 47.7 Å². The third-order valence-corrected chi connectivity index (χ3v) is 11.3. The van der Waals surface area contributed by atoms with Crippen LogP contribution in [0.2, 0.25) is 0 Å². The molecule has 0 aliphatic carbocycles. The van der Waals surface area contributed by atoms with Crippen LogP contribution >= 0.6 is 0 Å². The van der Waals surface area contributed by atoms with E-state index in [1.807, 2.05) is 30.9 Å². The molecule has 0 unspecified atom stereocenters. The van der Waals surface area contributed by atoms with Gasteiger partial charge < -0.3 is 52.4 Å². The lowest BCUT2D eigenvalue weighted by atomic mass is 9.91. The largest absolute Gasteiger partial charge is 0.491 e. The zero-order valence-corrected chi connectivity index (χ0v) is 36.4. The topological polar surface area (TPSA) is 276 Å². The lowest BCUT2D eigenvalue weighted by Gasteiger charge is -2.40. The number of nitrogen functional groups attached to an aromatic ring is 1. The molecule has 0 aromatic carbocycles. The predicted octanol–water partition coefficient (Wildman–Crippen LogP) is 4.91. The number of anilines is 7. The molecule has 2 amide bonds. The molecule has 8 rings (SSSR count). The number of carbonyl (C=O) groups is 2. The van der Waals surface area contributed by atoms with Crippen molar-refractivity contribution in [3.8, 4) is 28.5 Å². The summed E-state index contributed by atoms with van der Waals surface area (Å²) in [5.74, 6) is -3.52. The van der Waals surface area contributed by atoms with E-state index in [4.69, 9.17) is 26.7 Å². The monoisotopic (exact) mass is 902 g/mol. The van der Waals surface area contributed by atoms with Gasteiger partial charge in [0.25, 0.3) is 11.8 Å². The fourth-order valence-corrected chi connectivity index (χ4v) is 7.72. The number of aromatic nitrogens is 8. The van der Waals surface area contributed by atoms with Gasteiger partial charge in [-0.05, 0) is 63.1 Å². The molecule has 0 radical (unpaired) electrons. The number of carbonyl (C=O) groups excluding carboxylic acids is 2. The Kier molecular flexibility index (Phi) is 12.9. The van der Waals surface area contributed by atoms with Crippen molar-refractivity contribution in [3.63, 3.8) is 0 Å². The van der Waals surface area contributed by atoms with Gasteiger partial charge in [-0.2, -0.15) is 0 Å². The first kappa shape index (κ1) is 45.0. The average molecular weight is 903 g/mol. The number of ether oxygens (including phenoxy) is 2. The first-order valence-electron chi connectivity index (χ1n) is 21.1. The Labute approximate surface area is 377 Å². The molecule has 22 heteroatoms. The van der Waals surface area contributed by atoms with Crippen LogP contribution in [-0.2, 0) is 4.74 Å². The Bertz CT molecular complexity index is 2760. The molecule has 2 aliphatic rings. The zero-order valence-electron chi connectivity index (χ0n) is 36.4. The maximum atomic E-state index is 16.6. The summed E-state index contributed by atoms with van der Waals surface area (Å²) in [4.78, 5) is 66.7. The predicted molar refractivity (Wildman–Crippen MR) is 243 cm³/mol. The Morgan fingerprint density at radius 1 is 0.727 bits per heavy atom. The highest BCUT2D eigenvalue weighted by atomic mass is 19.1. The molecule has 2 fully saturated rings. The highest BCUT2D eigenvalue weighted by Gasteiger charge is 2.33. The van der Waals surface area contributed by atoms with Gasteiger partial charge in [0.2, 0.25) is 0 Å². The van der Waals surface area contributed by atoms with Crippen molar-refractivity contribution in [1.82, 2.24) is 39.9 Å². The molecule has 0 spiro atoms. The van der Waals surface area contributed by atoms with Gasteiger partial charge in [-0.15, -0.1) is 0 Å². The minimum atomic E-state index is -1.01. The third kappa shape index (κ3) is 9.60. The van der Waals surface area contributed by atoms with Crippen LogP contribution in [0.5, 0.6) is 5.75 Å². The van der Waals surface area contributed by atoms with E-state index in [0.29, 0.717) is 57.0 Å². The van der Waals surface area contributed by atoms with Crippen LogP contribution in [0.15, 0.2) is 73.6 Å². The minimum absolute atomic E-state index is 0.0606. The SMILES string of the molecule is CCOC1(N)CCN(c2cccnc2NC(=O)c2nc(-c3ncccc3F)cnc2Nc2cnc(-c3cnc(N)c(C(=O)Nc4ncccc4N4CCC(C)(N)CC4)n3)c(F)c2OC)CC1. The molecule has 66 heavy (non-hydrogen) atoms. The zero-order chi connectivity index (χ0) is 46.6. The van der Waals surface area contributed by atoms with Crippen LogP contribution in [0, 0.1) is 11.6 Å². The summed E-state index contributed by atoms with van der Waals surface area (Å²) < 4.78 is 42.8. The van der Waals surface area contributed by atoms with E-state index in [1.165, 1.54) is 50.2 Å². The van der Waals surface area contributed by atoms with Gasteiger partial charge in [-0.3, -0.25) is 14.6 Å². The van der Waals surface area contributed by atoms with Gasteiger partial charge in [-0.25, -0.2) is 43.7 Å². The van der Waals surface area contributed by atoms with Crippen LogP contribution in [0.1, 0.15) is 60.5 Å². The van der Waals surface area contributed by atoms with E-state index in [1.54, 1.807) is 18.3 Å². The van der Waals surface area contributed by atoms with Gasteiger partial charge in [0.1, 0.15) is 34.2 Å². The number of methoxy groups -OCH3 is 1. The number of nitrogens with two attached hydrogens (primary N) is 3. The average Bonchev–Trinajstić information content (AvgIpc) is 3.30. The number of halogens is 2. The van der Waals surface area contributed by atoms with E-state index >= 15 is 4.39 Å². The van der Waals surface area contributed by atoms with Gasteiger partial charge in [0.05, 0.1) is 37.1 Å². The molecular weight excluding hydrogens is 855 g/mol. The second-order valence-electron chi connectivity index (χ2n) is 16.0. The first-order chi connectivity index (χ1) is 31.8. The number of amides is 2. The normalized spacial score (nSPS) is 15.5. The van der Waals surface area contributed by atoms with Crippen LogP contribution in [0.3, 0.4) is 0 Å². The van der Waals surface area contributed by atoms with E-state index in [-0.39, 0.29) is 74.4 Å². The number of nitrogens with zero attached hydrogens (tertiary/aromatic N) is 10. The molecule has 342 valence electrons. The number of pyridine rings is 4. The van der Waals surface area contributed by atoms with Crippen molar-refractivity contribution in [2.24, 2.45) is 11.5 Å². The van der Waals surface area contributed by atoms with Gasteiger partial charge in [-0.1, -0.05) is 0 Å². The maximum Gasteiger partial charge on any atom is 0.279 e. The lowest BCUT2D eigenvalue weighted by molar-refractivity contribution is -0.0512. The van der Waals surface area contributed by atoms with Crippen molar-refractivity contribution in [1.29, 1.82) is 0 Å². The van der Waals surface area contributed by atoms with E-state index in [9.17, 15) is 14.0 Å².